The molecule has 2 rings (SSSR count). The molecule has 6 nitrogen and oxygen atoms in total. The van der Waals surface area contributed by atoms with Gasteiger partial charge in [0.1, 0.15) is 5.76 Å². The van der Waals surface area contributed by atoms with E-state index in [2.05, 4.69) is 18.3 Å². The molecular formula is C17H21N3O3. The summed E-state index contributed by atoms with van der Waals surface area (Å²) in [4.78, 5) is 24.7. The molecule has 2 aromatic heterocycles. The molecule has 0 radical (unpaired) electrons. The van der Waals surface area contributed by atoms with E-state index in [1.807, 2.05) is 13.0 Å². The molecule has 0 bridgehead atoms. The number of nitrogens with zero attached hydrogens (tertiary/aromatic N) is 3. The molecular weight excluding hydrogens is 294 g/mol. The van der Waals surface area contributed by atoms with Gasteiger partial charge in [-0.15, -0.1) is 0 Å². The average molecular weight is 315 g/mol. The first kappa shape index (κ1) is 16.7. The van der Waals surface area contributed by atoms with E-state index < -0.39 is 0 Å². The minimum absolute atomic E-state index is 0.325. The van der Waals surface area contributed by atoms with Gasteiger partial charge in [-0.1, -0.05) is 24.4 Å². The van der Waals surface area contributed by atoms with Crippen LogP contribution in [0.2, 0.25) is 0 Å². The molecule has 122 valence electrons. The van der Waals surface area contributed by atoms with Gasteiger partial charge in [-0.2, -0.15) is 0 Å². The predicted molar refractivity (Wildman–Crippen MR) is 90.3 cm³/mol. The lowest BCUT2D eigenvalue weighted by atomic mass is 10.2. The van der Waals surface area contributed by atoms with Crippen molar-refractivity contribution >= 4 is 12.2 Å². The van der Waals surface area contributed by atoms with Crippen LogP contribution in [0, 0.1) is 6.92 Å². The monoisotopic (exact) mass is 315 g/mol. The Morgan fingerprint density at radius 1 is 1.26 bits per heavy atom. The first-order valence-electron chi connectivity index (χ1n) is 7.50. The fourth-order valence-corrected chi connectivity index (χ4v) is 2.55. The topological polar surface area (TPSA) is 70.0 Å². The summed E-state index contributed by atoms with van der Waals surface area (Å²) < 4.78 is 7.81. The average Bonchev–Trinajstić information content (AvgIpc) is 2.95. The van der Waals surface area contributed by atoms with Crippen molar-refractivity contribution in [3.8, 4) is 0 Å². The Labute approximate surface area is 134 Å². The zero-order chi connectivity index (χ0) is 17.0. The van der Waals surface area contributed by atoms with Crippen LogP contribution in [0.5, 0.6) is 0 Å². The number of hydrogen-bond donors (Lipinski definition) is 0. The lowest BCUT2D eigenvalue weighted by Crippen LogP contribution is -2.41. The van der Waals surface area contributed by atoms with E-state index in [1.54, 1.807) is 7.05 Å². The van der Waals surface area contributed by atoms with Crippen molar-refractivity contribution in [2.45, 2.75) is 32.7 Å². The smallest absolute Gasteiger partial charge is 0.331 e. The highest BCUT2D eigenvalue weighted by atomic mass is 16.5. The van der Waals surface area contributed by atoms with Gasteiger partial charge in [-0.05, 0) is 25.8 Å². The lowest BCUT2D eigenvalue weighted by Gasteiger charge is -2.12. The van der Waals surface area contributed by atoms with E-state index in [4.69, 9.17) is 4.52 Å². The Kier molecular flexibility index (Phi) is 5.16. The highest BCUT2D eigenvalue weighted by molar-refractivity contribution is 5.59. The molecule has 0 unspecified atom stereocenters. The molecule has 2 aromatic rings. The summed E-state index contributed by atoms with van der Waals surface area (Å²) in [5.74, 6) is 0.816. The second-order valence-electron chi connectivity index (χ2n) is 5.40. The first-order chi connectivity index (χ1) is 11.0. The molecule has 0 atom stereocenters. The number of hydrogen-bond acceptors (Lipinski definition) is 4. The molecule has 0 saturated carbocycles. The van der Waals surface area contributed by atoms with Crippen LogP contribution >= 0.6 is 0 Å². The quantitative estimate of drug-likeness (QED) is 0.734. The van der Waals surface area contributed by atoms with E-state index in [0.717, 1.165) is 24.3 Å². The second-order valence-corrected chi connectivity index (χ2v) is 5.40. The summed E-state index contributed by atoms with van der Waals surface area (Å²) in [7, 11) is 1.62. The van der Waals surface area contributed by atoms with Crippen LogP contribution in [0.15, 0.2) is 33.3 Å². The van der Waals surface area contributed by atoms with Crippen LogP contribution in [-0.2, 0) is 20.0 Å². The maximum atomic E-state index is 12.4. The van der Waals surface area contributed by atoms with Gasteiger partial charge in [0, 0.05) is 26.1 Å². The van der Waals surface area contributed by atoms with Gasteiger partial charge in [0.05, 0.1) is 17.0 Å². The molecule has 0 amide bonds. The molecule has 0 fully saturated rings. The standard InChI is InChI=1S/C17H21N3O3/c1-5-14-15(6-2)19(4)17(22)20(16(14)21)10-8-7-9-13-11-12(3)18-23-13/h5-6,11H,1-2,7-10H2,3-4H3. The van der Waals surface area contributed by atoms with Crippen molar-refractivity contribution in [2.24, 2.45) is 7.05 Å². The van der Waals surface area contributed by atoms with E-state index in [1.165, 1.54) is 21.3 Å². The fraction of sp³-hybridized carbons (Fsp3) is 0.353. The highest BCUT2D eigenvalue weighted by Crippen LogP contribution is 2.08. The maximum Gasteiger partial charge on any atom is 0.331 e. The van der Waals surface area contributed by atoms with Gasteiger partial charge in [0.25, 0.3) is 5.56 Å². The second kappa shape index (κ2) is 7.09. The van der Waals surface area contributed by atoms with Crippen molar-refractivity contribution in [1.29, 1.82) is 0 Å². The minimum Gasteiger partial charge on any atom is -0.361 e. The summed E-state index contributed by atoms with van der Waals surface area (Å²) >= 11 is 0. The molecule has 0 N–H and O–H groups in total. The number of rotatable bonds is 7. The van der Waals surface area contributed by atoms with Crippen molar-refractivity contribution in [1.82, 2.24) is 14.3 Å². The van der Waals surface area contributed by atoms with E-state index in [9.17, 15) is 9.59 Å². The van der Waals surface area contributed by atoms with Crippen LogP contribution in [0.1, 0.15) is 35.6 Å². The molecule has 23 heavy (non-hydrogen) atoms. The lowest BCUT2D eigenvalue weighted by molar-refractivity contribution is 0.374. The molecule has 0 aliphatic heterocycles. The summed E-state index contributed by atoms with van der Waals surface area (Å²) in [5.41, 5.74) is 1.07. The summed E-state index contributed by atoms with van der Waals surface area (Å²) in [6, 6.07) is 1.89. The summed E-state index contributed by atoms with van der Waals surface area (Å²) in [5, 5.41) is 3.83. The number of unbranched alkanes of at least 4 members (excludes halogenated alkanes) is 1. The van der Waals surface area contributed by atoms with Gasteiger partial charge in [-0.25, -0.2) is 4.79 Å². The van der Waals surface area contributed by atoms with E-state index >= 15 is 0 Å². The van der Waals surface area contributed by atoms with E-state index in [0.29, 0.717) is 24.2 Å². The van der Waals surface area contributed by atoms with Crippen LogP contribution in [-0.4, -0.2) is 14.3 Å². The Morgan fingerprint density at radius 2 is 2.00 bits per heavy atom. The Morgan fingerprint density at radius 3 is 2.57 bits per heavy atom. The molecule has 0 aromatic carbocycles. The van der Waals surface area contributed by atoms with E-state index in [-0.39, 0.29) is 11.2 Å². The molecule has 0 aliphatic carbocycles. The third kappa shape index (κ3) is 3.41. The number of aromatic nitrogens is 3. The fourth-order valence-electron chi connectivity index (χ4n) is 2.55. The minimum atomic E-state index is -0.342. The van der Waals surface area contributed by atoms with Crippen LogP contribution in [0.3, 0.4) is 0 Å². The molecule has 2 heterocycles. The van der Waals surface area contributed by atoms with Crippen molar-refractivity contribution in [3.05, 3.63) is 62.8 Å². The molecule has 0 spiro atoms. The summed E-state index contributed by atoms with van der Waals surface area (Å²) in [6.45, 7) is 9.53. The zero-order valence-corrected chi connectivity index (χ0v) is 13.5. The molecule has 6 heteroatoms. The zero-order valence-electron chi connectivity index (χ0n) is 13.5. The van der Waals surface area contributed by atoms with Crippen molar-refractivity contribution < 1.29 is 4.52 Å². The van der Waals surface area contributed by atoms with Crippen LogP contribution in [0.4, 0.5) is 0 Å². The largest absolute Gasteiger partial charge is 0.361 e. The SMILES string of the molecule is C=Cc1c(C=C)n(C)c(=O)n(CCCCc2cc(C)no2)c1=O. The van der Waals surface area contributed by atoms with Gasteiger partial charge in [0.2, 0.25) is 0 Å². The normalized spacial score (nSPS) is 10.7. The van der Waals surface area contributed by atoms with Gasteiger partial charge in [0.15, 0.2) is 0 Å². The van der Waals surface area contributed by atoms with Crippen LogP contribution < -0.4 is 11.2 Å². The summed E-state index contributed by atoms with van der Waals surface area (Å²) in [6.07, 6.45) is 5.19. The van der Waals surface area contributed by atoms with Gasteiger partial charge >= 0.3 is 5.69 Å². The van der Waals surface area contributed by atoms with Crippen LogP contribution in [0.25, 0.3) is 12.2 Å². The Hall–Kier alpha value is -2.63. The number of aryl methyl sites for hydroxylation is 2. The van der Waals surface area contributed by atoms with Gasteiger partial charge < -0.3 is 4.52 Å². The third-order valence-electron chi connectivity index (χ3n) is 3.76. The van der Waals surface area contributed by atoms with Crippen molar-refractivity contribution in [2.75, 3.05) is 0 Å². The predicted octanol–water partition coefficient (Wildman–Crippen LogP) is 2.15. The molecule has 0 saturated heterocycles. The maximum absolute atomic E-state index is 12.4. The first-order valence-corrected chi connectivity index (χ1v) is 7.50. The Bertz CT molecular complexity index is 840. The third-order valence-corrected chi connectivity index (χ3v) is 3.76. The van der Waals surface area contributed by atoms with Crippen molar-refractivity contribution in [3.63, 3.8) is 0 Å². The Balaban J connectivity index is 2.15. The molecule has 0 aliphatic rings. The van der Waals surface area contributed by atoms with Gasteiger partial charge in [-0.3, -0.25) is 13.9 Å². The highest BCUT2D eigenvalue weighted by Gasteiger charge is 2.13.